The lowest BCUT2D eigenvalue weighted by Gasteiger charge is -2.09. The molecule has 8 heteroatoms. The summed E-state index contributed by atoms with van der Waals surface area (Å²) in [5.41, 5.74) is 2.52. The second-order valence-electron chi connectivity index (χ2n) is 4.08. The van der Waals surface area contributed by atoms with E-state index in [2.05, 4.69) is 15.3 Å². The minimum Gasteiger partial charge on any atom is -0.406 e. The van der Waals surface area contributed by atoms with Crippen molar-refractivity contribution in [3.63, 3.8) is 0 Å². The van der Waals surface area contributed by atoms with Gasteiger partial charge in [0.25, 0.3) is 0 Å². The molecule has 0 heterocycles. The number of alkyl halides is 3. The number of anilines is 1. The molecule has 0 fully saturated rings. The zero-order valence-electron chi connectivity index (χ0n) is 10.9. The van der Waals surface area contributed by atoms with Crippen LogP contribution in [0.1, 0.15) is 5.56 Å². The monoisotopic (exact) mass is 316 g/mol. The number of hydrogen-bond donors (Lipinski definition) is 1. The standard InChI is InChI=1S/C14H9F5N2O/c15-12-6-10(22-14(17,18)19)7-13(16)11(12)8-20-21-9-4-2-1-3-5-9/h1-8,21H. The Labute approximate surface area is 122 Å². The maximum absolute atomic E-state index is 13.6. The van der Waals surface area contributed by atoms with Crippen LogP contribution in [0.3, 0.4) is 0 Å². The second-order valence-corrected chi connectivity index (χ2v) is 4.08. The number of rotatable bonds is 4. The van der Waals surface area contributed by atoms with Gasteiger partial charge in [0.15, 0.2) is 0 Å². The van der Waals surface area contributed by atoms with E-state index in [1.54, 1.807) is 30.3 Å². The number of nitrogens with one attached hydrogen (secondary N) is 1. The quantitative estimate of drug-likeness (QED) is 0.518. The molecule has 0 radical (unpaired) electrons. The SMILES string of the molecule is Fc1cc(OC(F)(F)F)cc(F)c1C=NNc1ccccc1. The highest BCUT2D eigenvalue weighted by Gasteiger charge is 2.31. The zero-order chi connectivity index (χ0) is 16.2. The molecule has 0 bridgehead atoms. The van der Waals surface area contributed by atoms with Crippen LogP contribution >= 0.6 is 0 Å². The van der Waals surface area contributed by atoms with E-state index < -0.39 is 29.3 Å². The number of para-hydroxylation sites is 1. The molecule has 0 amide bonds. The molecule has 2 aromatic rings. The van der Waals surface area contributed by atoms with Crippen LogP contribution < -0.4 is 10.2 Å². The van der Waals surface area contributed by atoms with Crippen LogP contribution in [-0.2, 0) is 0 Å². The fourth-order valence-corrected chi connectivity index (χ4v) is 1.56. The Hall–Kier alpha value is -2.64. The van der Waals surface area contributed by atoms with Gasteiger partial charge < -0.3 is 4.74 Å². The lowest BCUT2D eigenvalue weighted by molar-refractivity contribution is -0.274. The molecule has 0 aliphatic carbocycles. The van der Waals surface area contributed by atoms with E-state index in [1.807, 2.05) is 0 Å². The average molecular weight is 316 g/mol. The van der Waals surface area contributed by atoms with E-state index in [0.29, 0.717) is 17.8 Å². The highest BCUT2D eigenvalue weighted by molar-refractivity contribution is 5.81. The van der Waals surface area contributed by atoms with Crippen LogP contribution in [0.2, 0.25) is 0 Å². The topological polar surface area (TPSA) is 33.6 Å². The van der Waals surface area contributed by atoms with Gasteiger partial charge in [-0.3, -0.25) is 5.43 Å². The highest BCUT2D eigenvalue weighted by Crippen LogP contribution is 2.26. The lowest BCUT2D eigenvalue weighted by atomic mass is 10.2. The molecule has 1 N–H and O–H groups in total. The first-order chi connectivity index (χ1) is 10.3. The predicted octanol–water partition coefficient (Wildman–Crippen LogP) is 4.31. The van der Waals surface area contributed by atoms with Gasteiger partial charge in [-0.05, 0) is 12.1 Å². The third-order valence-electron chi connectivity index (χ3n) is 2.45. The molecule has 0 aliphatic rings. The van der Waals surface area contributed by atoms with Crippen molar-refractivity contribution in [2.75, 3.05) is 5.43 Å². The summed E-state index contributed by atoms with van der Waals surface area (Å²) in [5.74, 6) is -3.42. The van der Waals surface area contributed by atoms with Crippen LogP contribution in [0.5, 0.6) is 5.75 Å². The van der Waals surface area contributed by atoms with Gasteiger partial charge in [-0.15, -0.1) is 13.2 Å². The van der Waals surface area contributed by atoms with Gasteiger partial charge in [-0.1, -0.05) is 18.2 Å². The van der Waals surface area contributed by atoms with Gasteiger partial charge in [0.2, 0.25) is 0 Å². The molecule has 0 unspecified atom stereocenters. The van der Waals surface area contributed by atoms with Crippen LogP contribution in [0.15, 0.2) is 47.6 Å². The molecule has 0 saturated heterocycles. The van der Waals surface area contributed by atoms with E-state index in [0.717, 1.165) is 6.21 Å². The van der Waals surface area contributed by atoms with Gasteiger partial charge in [0.05, 0.1) is 17.5 Å². The Morgan fingerprint density at radius 1 is 1.00 bits per heavy atom. The molecule has 0 atom stereocenters. The van der Waals surface area contributed by atoms with E-state index in [4.69, 9.17) is 0 Å². The summed E-state index contributed by atoms with van der Waals surface area (Å²) in [6.07, 6.45) is -4.20. The van der Waals surface area contributed by atoms with Crippen molar-refractivity contribution in [1.82, 2.24) is 0 Å². The Morgan fingerprint density at radius 3 is 2.14 bits per heavy atom. The fourth-order valence-electron chi connectivity index (χ4n) is 1.56. The molecule has 2 rings (SSSR count). The van der Waals surface area contributed by atoms with E-state index in [-0.39, 0.29) is 0 Å². The molecular formula is C14H9F5N2O. The van der Waals surface area contributed by atoms with Crippen LogP contribution in [0.4, 0.5) is 27.6 Å². The summed E-state index contributed by atoms with van der Waals surface area (Å²) in [7, 11) is 0. The summed E-state index contributed by atoms with van der Waals surface area (Å²) in [6, 6.07) is 9.42. The molecule has 0 saturated carbocycles. The van der Waals surface area contributed by atoms with E-state index >= 15 is 0 Å². The zero-order valence-corrected chi connectivity index (χ0v) is 10.9. The lowest BCUT2D eigenvalue weighted by Crippen LogP contribution is -2.17. The number of benzene rings is 2. The van der Waals surface area contributed by atoms with Crippen molar-refractivity contribution >= 4 is 11.9 Å². The van der Waals surface area contributed by atoms with Crippen molar-refractivity contribution in [1.29, 1.82) is 0 Å². The smallest absolute Gasteiger partial charge is 0.406 e. The number of halogens is 5. The first-order valence-corrected chi connectivity index (χ1v) is 5.94. The Kier molecular flexibility index (Phi) is 4.59. The Morgan fingerprint density at radius 2 is 1.59 bits per heavy atom. The summed E-state index contributed by atoms with van der Waals surface area (Å²) in [5, 5.41) is 3.62. The third kappa shape index (κ3) is 4.44. The molecule has 0 aromatic heterocycles. The number of hydrogen-bond acceptors (Lipinski definition) is 3. The summed E-state index contributed by atoms with van der Waals surface area (Å²) in [6.45, 7) is 0. The number of ether oxygens (including phenoxy) is 1. The molecule has 22 heavy (non-hydrogen) atoms. The average Bonchev–Trinajstić information content (AvgIpc) is 2.41. The minimum absolute atomic E-state index is 0.431. The van der Waals surface area contributed by atoms with Crippen molar-refractivity contribution in [3.05, 3.63) is 59.7 Å². The predicted molar refractivity (Wildman–Crippen MR) is 70.7 cm³/mol. The second kappa shape index (κ2) is 6.42. The highest BCUT2D eigenvalue weighted by atomic mass is 19.4. The van der Waals surface area contributed by atoms with Crippen LogP contribution in [-0.4, -0.2) is 12.6 Å². The minimum atomic E-state index is -5.02. The summed E-state index contributed by atoms with van der Waals surface area (Å²) < 4.78 is 66.6. The van der Waals surface area contributed by atoms with Gasteiger partial charge in [-0.25, -0.2) is 8.78 Å². The maximum atomic E-state index is 13.6. The van der Waals surface area contributed by atoms with Gasteiger partial charge in [-0.2, -0.15) is 5.10 Å². The largest absolute Gasteiger partial charge is 0.573 e. The van der Waals surface area contributed by atoms with Crippen molar-refractivity contribution in [2.24, 2.45) is 5.10 Å². The molecule has 3 nitrogen and oxygen atoms in total. The van der Waals surface area contributed by atoms with E-state index in [9.17, 15) is 22.0 Å². The first kappa shape index (κ1) is 15.7. The molecule has 116 valence electrons. The Bertz CT molecular complexity index is 648. The van der Waals surface area contributed by atoms with E-state index in [1.165, 1.54) is 0 Å². The van der Waals surface area contributed by atoms with Crippen LogP contribution in [0, 0.1) is 11.6 Å². The normalized spacial score (nSPS) is 11.7. The van der Waals surface area contributed by atoms with Gasteiger partial charge in [0.1, 0.15) is 17.4 Å². The van der Waals surface area contributed by atoms with Gasteiger partial charge in [0, 0.05) is 12.1 Å². The first-order valence-electron chi connectivity index (χ1n) is 5.94. The summed E-state index contributed by atoms with van der Waals surface area (Å²) >= 11 is 0. The molecule has 2 aromatic carbocycles. The van der Waals surface area contributed by atoms with Gasteiger partial charge >= 0.3 is 6.36 Å². The molecule has 0 aliphatic heterocycles. The molecule has 0 spiro atoms. The van der Waals surface area contributed by atoms with Crippen molar-refractivity contribution in [3.8, 4) is 5.75 Å². The summed E-state index contributed by atoms with van der Waals surface area (Å²) in [4.78, 5) is 0. The number of hydrazone groups is 1. The Balaban J connectivity index is 2.14. The van der Waals surface area contributed by atoms with Crippen molar-refractivity contribution < 1.29 is 26.7 Å². The fraction of sp³-hybridized carbons (Fsp3) is 0.0714. The maximum Gasteiger partial charge on any atom is 0.573 e. The molecular weight excluding hydrogens is 307 g/mol. The number of nitrogens with zero attached hydrogens (tertiary/aromatic N) is 1. The third-order valence-corrected chi connectivity index (χ3v) is 2.45. The van der Waals surface area contributed by atoms with Crippen LogP contribution in [0.25, 0.3) is 0 Å². The van der Waals surface area contributed by atoms with Crippen molar-refractivity contribution in [2.45, 2.75) is 6.36 Å².